The summed E-state index contributed by atoms with van der Waals surface area (Å²) in [7, 11) is 0. The highest BCUT2D eigenvalue weighted by atomic mass is 16.5. The maximum absolute atomic E-state index is 5.65. The van der Waals surface area contributed by atoms with E-state index < -0.39 is 0 Å². The van der Waals surface area contributed by atoms with Crippen LogP contribution >= 0.6 is 0 Å². The molecule has 10 nitrogen and oxygen atoms in total. The first-order valence-electron chi connectivity index (χ1n) is 5.73. The average Bonchev–Trinajstić information content (AvgIpc) is 3.07. The van der Waals surface area contributed by atoms with Crippen LogP contribution in [0.2, 0.25) is 0 Å². The van der Waals surface area contributed by atoms with E-state index in [0.717, 1.165) is 0 Å². The molecule has 0 aliphatic carbocycles. The van der Waals surface area contributed by atoms with Crippen molar-refractivity contribution >= 4 is 11.9 Å². The predicted molar refractivity (Wildman–Crippen MR) is 67.7 cm³/mol. The maximum Gasteiger partial charge on any atom is 0.241 e. The number of anilines is 2. The van der Waals surface area contributed by atoms with Crippen LogP contribution in [0.1, 0.15) is 11.7 Å². The summed E-state index contributed by atoms with van der Waals surface area (Å²) in [6.07, 6.45) is 4.90. The number of rotatable bonds is 4. The van der Waals surface area contributed by atoms with Gasteiger partial charge in [-0.15, -0.1) is 0 Å². The predicted octanol–water partition coefficient (Wildman–Crippen LogP) is -0.0570. The Morgan fingerprint density at radius 3 is 2.90 bits per heavy atom. The van der Waals surface area contributed by atoms with Gasteiger partial charge in [-0.3, -0.25) is 4.57 Å². The van der Waals surface area contributed by atoms with E-state index in [2.05, 4.69) is 35.4 Å². The summed E-state index contributed by atoms with van der Waals surface area (Å²) in [5.74, 6) is 1.81. The molecular weight excluding hydrogens is 262 g/mol. The van der Waals surface area contributed by atoms with Crippen molar-refractivity contribution in [2.24, 2.45) is 0 Å². The SMILES string of the molecule is Cc1nc(CNc2nc(N)nc(-n3ccnc3)n2)no1. The van der Waals surface area contributed by atoms with Crippen LogP contribution in [-0.2, 0) is 6.54 Å². The first kappa shape index (κ1) is 12.0. The van der Waals surface area contributed by atoms with Crippen molar-refractivity contribution in [2.75, 3.05) is 11.1 Å². The van der Waals surface area contributed by atoms with E-state index in [9.17, 15) is 0 Å². The number of nitrogens with one attached hydrogen (secondary N) is 1. The Bertz CT molecular complexity index is 705. The van der Waals surface area contributed by atoms with E-state index in [4.69, 9.17) is 10.3 Å². The molecule has 0 aromatic carbocycles. The Balaban J connectivity index is 1.79. The number of aromatic nitrogens is 7. The van der Waals surface area contributed by atoms with Gasteiger partial charge < -0.3 is 15.6 Å². The highest BCUT2D eigenvalue weighted by molar-refractivity contribution is 5.35. The second kappa shape index (κ2) is 4.91. The van der Waals surface area contributed by atoms with Crippen LogP contribution in [0.3, 0.4) is 0 Å². The molecule has 3 aromatic rings. The Morgan fingerprint density at radius 1 is 1.30 bits per heavy atom. The molecule has 0 fully saturated rings. The van der Waals surface area contributed by atoms with Crippen LogP contribution in [0.4, 0.5) is 11.9 Å². The van der Waals surface area contributed by atoms with Gasteiger partial charge in [-0.05, 0) is 0 Å². The molecule has 10 heteroatoms. The maximum atomic E-state index is 5.65. The fourth-order valence-corrected chi connectivity index (χ4v) is 1.52. The molecule has 0 bridgehead atoms. The Hall–Kier alpha value is -3.04. The fourth-order valence-electron chi connectivity index (χ4n) is 1.52. The smallest absolute Gasteiger partial charge is 0.241 e. The molecule has 3 aromatic heterocycles. The molecule has 0 saturated carbocycles. The van der Waals surface area contributed by atoms with Gasteiger partial charge in [0.25, 0.3) is 0 Å². The van der Waals surface area contributed by atoms with Gasteiger partial charge in [-0.2, -0.15) is 19.9 Å². The highest BCUT2D eigenvalue weighted by Gasteiger charge is 2.07. The third-order valence-corrected chi connectivity index (χ3v) is 2.35. The van der Waals surface area contributed by atoms with Crippen LogP contribution in [0.25, 0.3) is 5.95 Å². The van der Waals surface area contributed by atoms with E-state index in [1.807, 2.05) is 0 Å². The molecule has 3 rings (SSSR count). The van der Waals surface area contributed by atoms with Crippen molar-refractivity contribution in [3.05, 3.63) is 30.4 Å². The van der Waals surface area contributed by atoms with E-state index in [1.165, 1.54) is 0 Å². The van der Waals surface area contributed by atoms with Crippen molar-refractivity contribution in [1.82, 2.24) is 34.6 Å². The monoisotopic (exact) mass is 273 g/mol. The zero-order valence-electron chi connectivity index (χ0n) is 10.6. The summed E-state index contributed by atoms with van der Waals surface area (Å²) in [6, 6.07) is 0. The van der Waals surface area contributed by atoms with Crippen molar-refractivity contribution in [2.45, 2.75) is 13.5 Å². The Kier molecular flexibility index (Phi) is 2.95. The lowest BCUT2D eigenvalue weighted by atomic mass is 10.6. The Morgan fingerprint density at radius 2 is 2.20 bits per heavy atom. The summed E-state index contributed by atoms with van der Waals surface area (Å²) in [6.45, 7) is 2.04. The van der Waals surface area contributed by atoms with E-state index in [1.54, 1.807) is 30.2 Å². The van der Waals surface area contributed by atoms with Gasteiger partial charge in [0.15, 0.2) is 5.82 Å². The third-order valence-electron chi connectivity index (χ3n) is 2.35. The summed E-state index contributed by atoms with van der Waals surface area (Å²) in [5.41, 5.74) is 5.65. The van der Waals surface area contributed by atoms with E-state index >= 15 is 0 Å². The number of imidazole rings is 1. The van der Waals surface area contributed by atoms with Gasteiger partial charge in [0, 0.05) is 19.3 Å². The van der Waals surface area contributed by atoms with Crippen LogP contribution in [0, 0.1) is 6.92 Å². The van der Waals surface area contributed by atoms with Gasteiger partial charge in [-0.1, -0.05) is 5.16 Å². The summed E-state index contributed by atoms with van der Waals surface area (Å²) in [4.78, 5) is 20.2. The molecule has 0 spiro atoms. The minimum atomic E-state index is 0.107. The zero-order chi connectivity index (χ0) is 13.9. The topological polar surface area (TPSA) is 133 Å². The standard InChI is InChI=1S/C10H11N9O/c1-6-14-7(18-20-6)4-13-9-15-8(11)16-10(17-9)19-3-2-12-5-19/h2-3,5H,4H2,1H3,(H3,11,13,15,16,17). The lowest BCUT2D eigenvalue weighted by Gasteiger charge is -2.05. The number of nitrogens with zero attached hydrogens (tertiary/aromatic N) is 7. The minimum Gasteiger partial charge on any atom is -0.368 e. The first-order chi connectivity index (χ1) is 9.70. The Labute approximate surface area is 113 Å². The summed E-state index contributed by atoms with van der Waals surface area (Å²) >= 11 is 0. The van der Waals surface area contributed by atoms with Gasteiger partial charge >= 0.3 is 0 Å². The number of nitrogens with two attached hydrogens (primary N) is 1. The molecule has 0 atom stereocenters. The molecular formula is C10H11N9O. The van der Waals surface area contributed by atoms with Crippen LogP contribution in [-0.4, -0.2) is 34.6 Å². The zero-order valence-corrected chi connectivity index (χ0v) is 10.6. The van der Waals surface area contributed by atoms with Gasteiger partial charge in [-0.25, -0.2) is 4.98 Å². The van der Waals surface area contributed by atoms with E-state index in [-0.39, 0.29) is 5.95 Å². The van der Waals surface area contributed by atoms with Crippen LogP contribution in [0.5, 0.6) is 0 Å². The second-order valence-corrected chi connectivity index (χ2v) is 3.87. The quantitative estimate of drug-likeness (QED) is 0.670. The molecule has 3 N–H and O–H groups in total. The van der Waals surface area contributed by atoms with Crippen molar-refractivity contribution in [3.8, 4) is 5.95 Å². The molecule has 0 aliphatic heterocycles. The van der Waals surface area contributed by atoms with Crippen LogP contribution in [0.15, 0.2) is 23.2 Å². The largest absolute Gasteiger partial charge is 0.368 e. The van der Waals surface area contributed by atoms with Gasteiger partial charge in [0.1, 0.15) is 6.33 Å². The second-order valence-electron chi connectivity index (χ2n) is 3.87. The number of aryl methyl sites for hydroxylation is 1. The van der Waals surface area contributed by atoms with E-state index in [0.29, 0.717) is 30.2 Å². The third kappa shape index (κ3) is 2.53. The minimum absolute atomic E-state index is 0.107. The molecule has 0 radical (unpaired) electrons. The molecule has 0 saturated heterocycles. The number of hydrogen-bond donors (Lipinski definition) is 2. The van der Waals surface area contributed by atoms with Crippen molar-refractivity contribution in [3.63, 3.8) is 0 Å². The summed E-state index contributed by atoms with van der Waals surface area (Å²) < 4.78 is 6.49. The molecule has 20 heavy (non-hydrogen) atoms. The van der Waals surface area contributed by atoms with Gasteiger partial charge in [0.05, 0.1) is 6.54 Å². The molecule has 0 aliphatic rings. The lowest BCUT2D eigenvalue weighted by molar-refractivity contribution is 0.388. The van der Waals surface area contributed by atoms with Crippen molar-refractivity contribution in [1.29, 1.82) is 0 Å². The molecule has 0 unspecified atom stereocenters. The first-order valence-corrected chi connectivity index (χ1v) is 5.73. The van der Waals surface area contributed by atoms with Gasteiger partial charge in [0.2, 0.25) is 23.7 Å². The highest BCUT2D eigenvalue weighted by Crippen LogP contribution is 2.07. The van der Waals surface area contributed by atoms with Crippen LogP contribution < -0.4 is 11.1 Å². The average molecular weight is 273 g/mol. The number of nitrogen functional groups attached to an aromatic ring is 1. The lowest BCUT2D eigenvalue weighted by Crippen LogP contribution is -2.11. The number of hydrogen-bond acceptors (Lipinski definition) is 9. The molecule has 0 amide bonds. The summed E-state index contributed by atoms with van der Waals surface area (Å²) in [5, 5.41) is 6.72. The molecule has 3 heterocycles. The fraction of sp³-hybridized carbons (Fsp3) is 0.200. The normalized spacial score (nSPS) is 10.7. The van der Waals surface area contributed by atoms with Crippen molar-refractivity contribution < 1.29 is 4.52 Å². The molecule has 102 valence electrons.